The Morgan fingerprint density at radius 1 is 1.11 bits per heavy atom. The van der Waals surface area contributed by atoms with E-state index in [0.717, 1.165) is 10.9 Å². The molecular formula is C16H11FO2. The molecule has 0 N–H and O–H groups in total. The molecule has 3 aromatic rings. The molecule has 0 amide bonds. The van der Waals surface area contributed by atoms with Gasteiger partial charge in [0.1, 0.15) is 23.4 Å². The third-order valence-electron chi connectivity index (χ3n) is 3.06. The number of fused-ring (bicyclic) bond motifs is 1. The zero-order chi connectivity index (χ0) is 13.4. The average molecular weight is 254 g/mol. The molecular weight excluding hydrogens is 243 g/mol. The van der Waals surface area contributed by atoms with Gasteiger partial charge in [0, 0.05) is 10.9 Å². The van der Waals surface area contributed by atoms with Crippen molar-refractivity contribution in [3.05, 3.63) is 59.4 Å². The maximum atomic E-state index is 13.8. The van der Waals surface area contributed by atoms with E-state index in [1.165, 1.54) is 18.2 Å². The molecule has 0 aliphatic heterocycles. The number of aryl methyl sites for hydroxylation is 1. The molecule has 3 heteroatoms. The Bertz CT molecular complexity index is 772. The summed E-state index contributed by atoms with van der Waals surface area (Å²) < 4.78 is 19.5. The van der Waals surface area contributed by atoms with Crippen molar-refractivity contribution in [1.29, 1.82) is 0 Å². The highest BCUT2D eigenvalue weighted by Gasteiger charge is 2.11. The minimum Gasteiger partial charge on any atom is -0.456 e. The van der Waals surface area contributed by atoms with Crippen LogP contribution in [-0.2, 0) is 0 Å². The van der Waals surface area contributed by atoms with Crippen molar-refractivity contribution in [3.63, 3.8) is 0 Å². The number of rotatable bonds is 2. The van der Waals surface area contributed by atoms with Gasteiger partial charge in [-0.05, 0) is 43.3 Å². The number of furan rings is 1. The van der Waals surface area contributed by atoms with E-state index in [2.05, 4.69) is 0 Å². The van der Waals surface area contributed by atoms with Gasteiger partial charge in [-0.1, -0.05) is 11.6 Å². The summed E-state index contributed by atoms with van der Waals surface area (Å²) in [7, 11) is 0. The minimum atomic E-state index is -0.402. The fourth-order valence-electron chi connectivity index (χ4n) is 2.10. The summed E-state index contributed by atoms with van der Waals surface area (Å²) in [5, 5.41) is 0.922. The Hall–Kier alpha value is -2.42. The molecule has 0 bridgehead atoms. The molecule has 0 unspecified atom stereocenters. The van der Waals surface area contributed by atoms with E-state index < -0.39 is 5.82 Å². The summed E-state index contributed by atoms with van der Waals surface area (Å²) in [6.45, 7) is 1.99. The zero-order valence-corrected chi connectivity index (χ0v) is 10.3. The molecule has 0 fully saturated rings. The van der Waals surface area contributed by atoms with Gasteiger partial charge < -0.3 is 4.42 Å². The molecule has 19 heavy (non-hydrogen) atoms. The van der Waals surface area contributed by atoms with Crippen molar-refractivity contribution >= 4 is 17.3 Å². The lowest BCUT2D eigenvalue weighted by Gasteiger charge is -1.99. The predicted molar refractivity (Wildman–Crippen MR) is 71.7 cm³/mol. The summed E-state index contributed by atoms with van der Waals surface area (Å²) in [4.78, 5) is 10.8. The van der Waals surface area contributed by atoms with Crippen LogP contribution in [0.25, 0.3) is 22.3 Å². The van der Waals surface area contributed by atoms with Crippen LogP contribution in [0, 0.1) is 12.7 Å². The number of carbonyl (C=O) groups excluding carboxylic acids is 1. The van der Waals surface area contributed by atoms with Crippen LogP contribution in [0.5, 0.6) is 0 Å². The molecule has 1 aromatic heterocycles. The number of halogens is 1. The molecule has 0 aliphatic carbocycles. The van der Waals surface area contributed by atoms with Crippen LogP contribution < -0.4 is 0 Å². The summed E-state index contributed by atoms with van der Waals surface area (Å²) in [6, 6.07) is 11.8. The van der Waals surface area contributed by atoms with Crippen LogP contribution in [0.1, 0.15) is 15.9 Å². The van der Waals surface area contributed by atoms with Gasteiger partial charge in [-0.15, -0.1) is 0 Å². The van der Waals surface area contributed by atoms with E-state index in [-0.39, 0.29) is 0 Å². The first kappa shape index (κ1) is 11.7. The van der Waals surface area contributed by atoms with Crippen LogP contribution >= 0.6 is 0 Å². The molecule has 1 heterocycles. The van der Waals surface area contributed by atoms with Crippen LogP contribution in [0.2, 0.25) is 0 Å². The molecule has 0 aliphatic rings. The molecule has 0 saturated heterocycles. The van der Waals surface area contributed by atoms with Gasteiger partial charge in [-0.3, -0.25) is 4.79 Å². The monoisotopic (exact) mass is 254 g/mol. The third-order valence-corrected chi connectivity index (χ3v) is 3.06. The first-order valence-corrected chi connectivity index (χ1v) is 5.93. The van der Waals surface area contributed by atoms with Crippen molar-refractivity contribution in [1.82, 2.24) is 0 Å². The molecule has 0 radical (unpaired) electrons. The fourth-order valence-corrected chi connectivity index (χ4v) is 2.10. The SMILES string of the molecule is Cc1ccc2oc(-c3cc(C=O)ccc3F)cc2c1. The van der Waals surface area contributed by atoms with Crippen molar-refractivity contribution < 1.29 is 13.6 Å². The minimum absolute atomic E-state index is 0.304. The van der Waals surface area contributed by atoms with Crippen molar-refractivity contribution in [2.45, 2.75) is 6.92 Å². The highest BCUT2D eigenvalue weighted by atomic mass is 19.1. The molecule has 94 valence electrons. The second-order valence-electron chi connectivity index (χ2n) is 4.51. The maximum Gasteiger partial charge on any atom is 0.150 e. The van der Waals surface area contributed by atoms with Crippen molar-refractivity contribution in [2.24, 2.45) is 0 Å². The lowest BCUT2D eigenvalue weighted by Crippen LogP contribution is -1.86. The summed E-state index contributed by atoms with van der Waals surface area (Å²) in [5.41, 5.74) is 2.55. The Kier molecular flexibility index (Phi) is 2.67. The van der Waals surface area contributed by atoms with Gasteiger partial charge in [0.05, 0.1) is 5.56 Å². The predicted octanol–water partition coefficient (Wildman–Crippen LogP) is 4.36. The third kappa shape index (κ3) is 2.03. The zero-order valence-electron chi connectivity index (χ0n) is 10.3. The highest BCUT2D eigenvalue weighted by Crippen LogP contribution is 2.30. The van der Waals surface area contributed by atoms with Gasteiger partial charge in [0.25, 0.3) is 0 Å². The Morgan fingerprint density at radius 2 is 1.95 bits per heavy atom. The van der Waals surface area contributed by atoms with E-state index in [9.17, 15) is 9.18 Å². The summed E-state index contributed by atoms with van der Waals surface area (Å²) >= 11 is 0. The fraction of sp³-hybridized carbons (Fsp3) is 0.0625. The van der Waals surface area contributed by atoms with Gasteiger partial charge >= 0.3 is 0 Å². The quantitative estimate of drug-likeness (QED) is 0.636. The van der Waals surface area contributed by atoms with E-state index in [4.69, 9.17) is 4.42 Å². The summed E-state index contributed by atoms with van der Waals surface area (Å²) in [6.07, 6.45) is 0.690. The number of carbonyl (C=O) groups is 1. The Labute approximate surface area is 109 Å². The van der Waals surface area contributed by atoms with Crippen LogP contribution in [0.15, 0.2) is 46.9 Å². The van der Waals surface area contributed by atoms with Crippen molar-refractivity contribution in [2.75, 3.05) is 0 Å². The highest BCUT2D eigenvalue weighted by molar-refractivity contribution is 5.85. The molecule has 0 spiro atoms. The van der Waals surface area contributed by atoms with Crippen LogP contribution in [0.4, 0.5) is 4.39 Å². The summed E-state index contributed by atoms with van der Waals surface area (Å²) in [5.74, 6) is 0.0307. The number of benzene rings is 2. The number of hydrogen-bond acceptors (Lipinski definition) is 2. The number of hydrogen-bond donors (Lipinski definition) is 0. The molecule has 3 rings (SSSR count). The van der Waals surface area contributed by atoms with Gasteiger partial charge in [-0.25, -0.2) is 4.39 Å². The average Bonchev–Trinajstić information content (AvgIpc) is 2.82. The first-order chi connectivity index (χ1) is 9.17. The second kappa shape index (κ2) is 4.35. The van der Waals surface area contributed by atoms with E-state index in [1.54, 1.807) is 6.07 Å². The number of aldehydes is 1. The van der Waals surface area contributed by atoms with E-state index >= 15 is 0 Å². The maximum absolute atomic E-state index is 13.8. The topological polar surface area (TPSA) is 30.2 Å². The molecule has 0 saturated carbocycles. The lowest BCUT2D eigenvalue weighted by molar-refractivity contribution is 0.112. The lowest BCUT2D eigenvalue weighted by atomic mass is 10.1. The van der Waals surface area contributed by atoms with Gasteiger partial charge in [-0.2, -0.15) is 0 Å². The normalized spacial score (nSPS) is 10.8. The standard InChI is InChI=1S/C16H11FO2/c1-10-2-5-15-12(6-10)8-16(19-15)13-7-11(9-18)3-4-14(13)17/h2-9H,1H3. The van der Waals surface area contributed by atoms with Crippen LogP contribution in [-0.4, -0.2) is 6.29 Å². The van der Waals surface area contributed by atoms with E-state index in [1.807, 2.05) is 25.1 Å². The second-order valence-corrected chi connectivity index (χ2v) is 4.51. The largest absolute Gasteiger partial charge is 0.456 e. The Balaban J connectivity index is 2.21. The molecule has 0 atom stereocenters. The van der Waals surface area contributed by atoms with Gasteiger partial charge in [0.2, 0.25) is 0 Å². The molecule has 2 aromatic carbocycles. The smallest absolute Gasteiger partial charge is 0.150 e. The molecule has 2 nitrogen and oxygen atoms in total. The van der Waals surface area contributed by atoms with Gasteiger partial charge in [0.15, 0.2) is 0 Å². The van der Waals surface area contributed by atoms with Crippen LogP contribution in [0.3, 0.4) is 0 Å². The van der Waals surface area contributed by atoms with Crippen molar-refractivity contribution in [3.8, 4) is 11.3 Å². The Morgan fingerprint density at radius 3 is 2.74 bits per heavy atom. The first-order valence-electron chi connectivity index (χ1n) is 5.93. The van der Waals surface area contributed by atoms with E-state index in [0.29, 0.717) is 28.8 Å².